The number of anilines is 2. The lowest BCUT2D eigenvalue weighted by atomic mass is 10.1. The third kappa shape index (κ3) is 5.01. The molecule has 0 saturated heterocycles. The van der Waals surface area contributed by atoms with E-state index >= 15 is 0 Å². The average molecular weight is 277 g/mol. The van der Waals surface area contributed by atoms with Crippen LogP contribution in [0.15, 0.2) is 18.2 Å². The minimum atomic E-state index is -0.0844. The van der Waals surface area contributed by atoms with Crippen molar-refractivity contribution in [1.82, 2.24) is 0 Å². The number of carbonyl (C=O) groups is 2. The number of hydrogen-bond donors (Lipinski definition) is 3. The summed E-state index contributed by atoms with van der Waals surface area (Å²) in [4.78, 5) is 23.4. The van der Waals surface area contributed by atoms with Gasteiger partial charge in [-0.1, -0.05) is 19.9 Å². The molecule has 0 aliphatic rings. The predicted molar refractivity (Wildman–Crippen MR) is 81.6 cm³/mol. The van der Waals surface area contributed by atoms with E-state index in [4.69, 9.17) is 5.73 Å². The molecule has 0 fully saturated rings. The molecular formula is C15H23N3O2. The van der Waals surface area contributed by atoms with Crippen molar-refractivity contribution in [3.8, 4) is 0 Å². The maximum Gasteiger partial charge on any atom is 0.226 e. The van der Waals surface area contributed by atoms with E-state index in [-0.39, 0.29) is 17.7 Å². The van der Waals surface area contributed by atoms with Gasteiger partial charge in [0.25, 0.3) is 0 Å². The Labute approximate surface area is 119 Å². The summed E-state index contributed by atoms with van der Waals surface area (Å²) in [5.41, 5.74) is 7.73. The van der Waals surface area contributed by atoms with Crippen molar-refractivity contribution in [1.29, 1.82) is 0 Å². The molecule has 5 nitrogen and oxygen atoms in total. The summed E-state index contributed by atoms with van der Waals surface area (Å²) in [6.45, 7) is 6.07. The van der Waals surface area contributed by atoms with E-state index in [9.17, 15) is 9.59 Å². The van der Waals surface area contributed by atoms with Gasteiger partial charge in [-0.25, -0.2) is 0 Å². The lowest BCUT2D eigenvalue weighted by Crippen LogP contribution is -2.18. The van der Waals surface area contributed by atoms with Crippen molar-refractivity contribution < 1.29 is 9.59 Å². The van der Waals surface area contributed by atoms with Gasteiger partial charge in [0.2, 0.25) is 11.8 Å². The van der Waals surface area contributed by atoms with Gasteiger partial charge in [0.15, 0.2) is 0 Å². The quantitative estimate of drug-likeness (QED) is 0.745. The van der Waals surface area contributed by atoms with E-state index in [1.807, 2.05) is 32.9 Å². The summed E-state index contributed by atoms with van der Waals surface area (Å²) in [6, 6.07) is 5.47. The van der Waals surface area contributed by atoms with Crippen molar-refractivity contribution in [2.45, 2.75) is 33.6 Å². The van der Waals surface area contributed by atoms with Gasteiger partial charge >= 0.3 is 0 Å². The molecule has 0 aromatic heterocycles. The first kappa shape index (κ1) is 16.2. The molecule has 1 aromatic carbocycles. The number of aryl methyl sites for hydroxylation is 1. The topological polar surface area (TPSA) is 84.2 Å². The normalized spacial score (nSPS) is 10.4. The van der Waals surface area contributed by atoms with E-state index in [2.05, 4.69) is 10.6 Å². The minimum absolute atomic E-state index is 0.0470. The number of nitrogens with one attached hydrogen (secondary N) is 2. The molecule has 0 aliphatic carbocycles. The highest BCUT2D eigenvalue weighted by Gasteiger charge is 2.09. The Bertz CT molecular complexity index is 484. The first-order valence-electron chi connectivity index (χ1n) is 6.85. The Morgan fingerprint density at radius 1 is 1.25 bits per heavy atom. The molecule has 110 valence electrons. The molecular weight excluding hydrogens is 254 g/mol. The molecule has 2 amide bonds. The van der Waals surface area contributed by atoms with Crippen molar-refractivity contribution in [2.24, 2.45) is 11.7 Å². The zero-order valence-electron chi connectivity index (χ0n) is 12.3. The number of hydrogen-bond acceptors (Lipinski definition) is 3. The predicted octanol–water partition coefficient (Wildman–Crippen LogP) is 2.27. The van der Waals surface area contributed by atoms with Crippen LogP contribution in [0.4, 0.5) is 11.4 Å². The van der Waals surface area contributed by atoms with E-state index in [1.54, 1.807) is 6.07 Å². The number of benzene rings is 1. The molecule has 0 aliphatic heterocycles. The molecule has 0 unspecified atom stereocenters. The standard InChI is InChI=1S/C15H23N3O2/c1-10(2)15(20)17-12-7-6-11(3)13(9-12)18-14(19)5-4-8-16/h6-7,9-10H,4-5,8,16H2,1-3H3,(H,17,20)(H,18,19). The van der Waals surface area contributed by atoms with Gasteiger partial charge in [0.1, 0.15) is 0 Å². The number of rotatable bonds is 6. The van der Waals surface area contributed by atoms with Gasteiger partial charge in [0, 0.05) is 23.7 Å². The zero-order valence-corrected chi connectivity index (χ0v) is 12.3. The molecule has 5 heteroatoms. The van der Waals surface area contributed by atoms with Gasteiger partial charge in [-0.3, -0.25) is 9.59 Å². The summed E-state index contributed by atoms with van der Waals surface area (Å²) in [7, 11) is 0. The van der Waals surface area contributed by atoms with Crippen LogP contribution in [0.2, 0.25) is 0 Å². The molecule has 4 N–H and O–H groups in total. The average Bonchev–Trinajstić information content (AvgIpc) is 2.40. The largest absolute Gasteiger partial charge is 0.330 e. The van der Waals surface area contributed by atoms with Crippen LogP contribution >= 0.6 is 0 Å². The Morgan fingerprint density at radius 2 is 1.95 bits per heavy atom. The van der Waals surface area contributed by atoms with E-state index < -0.39 is 0 Å². The minimum Gasteiger partial charge on any atom is -0.330 e. The second-order valence-electron chi connectivity index (χ2n) is 5.11. The van der Waals surface area contributed by atoms with E-state index in [0.29, 0.717) is 30.8 Å². The lowest BCUT2D eigenvalue weighted by Gasteiger charge is -2.12. The summed E-state index contributed by atoms with van der Waals surface area (Å²) >= 11 is 0. The van der Waals surface area contributed by atoms with Gasteiger partial charge in [-0.05, 0) is 37.6 Å². The summed E-state index contributed by atoms with van der Waals surface area (Å²) in [5.74, 6) is -0.195. The second-order valence-corrected chi connectivity index (χ2v) is 5.11. The Morgan fingerprint density at radius 3 is 2.55 bits per heavy atom. The first-order chi connectivity index (χ1) is 9.43. The molecule has 0 atom stereocenters. The van der Waals surface area contributed by atoms with E-state index in [0.717, 1.165) is 5.56 Å². The Kier molecular flexibility index (Phi) is 6.18. The van der Waals surface area contributed by atoms with Gasteiger partial charge < -0.3 is 16.4 Å². The van der Waals surface area contributed by atoms with Crippen LogP contribution in [0.25, 0.3) is 0 Å². The molecule has 0 saturated carbocycles. The number of carbonyl (C=O) groups excluding carboxylic acids is 2. The monoisotopic (exact) mass is 277 g/mol. The summed E-state index contributed by atoms with van der Waals surface area (Å²) in [6.07, 6.45) is 1.06. The third-order valence-corrected chi connectivity index (χ3v) is 2.91. The summed E-state index contributed by atoms with van der Waals surface area (Å²) in [5, 5.41) is 5.66. The van der Waals surface area contributed by atoms with Gasteiger partial charge in [-0.15, -0.1) is 0 Å². The zero-order chi connectivity index (χ0) is 15.1. The summed E-state index contributed by atoms with van der Waals surface area (Å²) < 4.78 is 0. The molecule has 1 aromatic rings. The van der Waals surface area contributed by atoms with Crippen molar-refractivity contribution in [3.05, 3.63) is 23.8 Å². The molecule has 0 bridgehead atoms. The molecule has 0 heterocycles. The van der Waals surface area contributed by atoms with E-state index in [1.165, 1.54) is 0 Å². The molecule has 0 radical (unpaired) electrons. The van der Waals surface area contributed by atoms with Crippen LogP contribution in [0, 0.1) is 12.8 Å². The smallest absolute Gasteiger partial charge is 0.226 e. The maximum atomic E-state index is 11.7. The van der Waals surface area contributed by atoms with Crippen LogP contribution in [-0.4, -0.2) is 18.4 Å². The SMILES string of the molecule is Cc1ccc(NC(=O)C(C)C)cc1NC(=O)CCCN. The highest BCUT2D eigenvalue weighted by molar-refractivity contribution is 5.95. The molecule has 1 rings (SSSR count). The van der Waals surface area contributed by atoms with Crippen LogP contribution in [-0.2, 0) is 9.59 Å². The van der Waals surface area contributed by atoms with Crippen molar-refractivity contribution in [3.63, 3.8) is 0 Å². The fourth-order valence-corrected chi connectivity index (χ4v) is 1.60. The number of amides is 2. The number of nitrogens with two attached hydrogens (primary N) is 1. The highest BCUT2D eigenvalue weighted by Crippen LogP contribution is 2.21. The maximum absolute atomic E-state index is 11.7. The van der Waals surface area contributed by atoms with Crippen LogP contribution < -0.4 is 16.4 Å². The molecule has 0 spiro atoms. The fourth-order valence-electron chi connectivity index (χ4n) is 1.60. The Balaban J connectivity index is 2.76. The molecule has 20 heavy (non-hydrogen) atoms. The van der Waals surface area contributed by atoms with Gasteiger partial charge in [-0.2, -0.15) is 0 Å². The van der Waals surface area contributed by atoms with Crippen molar-refractivity contribution >= 4 is 23.2 Å². The van der Waals surface area contributed by atoms with Crippen LogP contribution in [0.1, 0.15) is 32.3 Å². The second kappa shape index (κ2) is 7.65. The third-order valence-electron chi connectivity index (χ3n) is 2.91. The van der Waals surface area contributed by atoms with Crippen molar-refractivity contribution in [2.75, 3.05) is 17.2 Å². The Hall–Kier alpha value is -1.88. The van der Waals surface area contributed by atoms with Crippen LogP contribution in [0.3, 0.4) is 0 Å². The highest BCUT2D eigenvalue weighted by atomic mass is 16.2. The first-order valence-corrected chi connectivity index (χ1v) is 6.85. The fraction of sp³-hybridized carbons (Fsp3) is 0.467. The lowest BCUT2D eigenvalue weighted by molar-refractivity contribution is -0.119. The van der Waals surface area contributed by atoms with Gasteiger partial charge in [0.05, 0.1) is 0 Å². The van der Waals surface area contributed by atoms with Crippen LogP contribution in [0.5, 0.6) is 0 Å².